The predicted octanol–water partition coefficient (Wildman–Crippen LogP) is 2.93. The molecule has 1 atom stereocenters. The number of benzene rings is 1. The number of fused-ring (bicyclic) bond motifs is 1. The summed E-state index contributed by atoms with van der Waals surface area (Å²) in [6, 6.07) is 6.00. The van der Waals surface area contributed by atoms with Gasteiger partial charge in [0, 0.05) is 43.8 Å². The number of hydrogen-bond acceptors (Lipinski definition) is 3. The van der Waals surface area contributed by atoms with E-state index in [1.807, 2.05) is 36.2 Å². The fourth-order valence-corrected chi connectivity index (χ4v) is 3.42. The van der Waals surface area contributed by atoms with Crippen LogP contribution in [0.4, 0.5) is 4.79 Å². The van der Waals surface area contributed by atoms with Crippen molar-refractivity contribution >= 4 is 16.9 Å². The van der Waals surface area contributed by atoms with E-state index in [0.717, 1.165) is 48.0 Å². The van der Waals surface area contributed by atoms with Crippen molar-refractivity contribution in [3.05, 3.63) is 30.0 Å². The number of likely N-dealkylation sites (tertiary alicyclic amines) is 1. The molecule has 2 N–H and O–H groups in total. The highest BCUT2D eigenvalue weighted by Gasteiger charge is 2.23. The van der Waals surface area contributed by atoms with Crippen LogP contribution in [0.1, 0.15) is 25.3 Å². The molecule has 25 heavy (non-hydrogen) atoms. The standard InChI is InChI=1S/C19H27N3O3/c1-3-25-17-8-4-7-16-18(17)14(12-21-16)9-10-20-19(23)22-11-5-6-15(13-22)24-2/h4,7-8,12,15,21H,3,5-6,9-11,13H2,1-2H3,(H,20,23)/t15-/m0/s1. The molecule has 0 aliphatic carbocycles. The Morgan fingerprint density at radius 1 is 1.44 bits per heavy atom. The first kappa shape index (κ1) is 17.6. The van der Waals surface area contributed by atoms with Gasteiger partial charge in [0.2, 0.25) is 0 Å². The number of hydrogen-bond donors (Lipinski definition) is 2. The van der Waals surface area contributed by atoms with Crippen LogP contribution in [0.25, 0.3) is 10.9 Å². The summed E-state index contributed by atoms with van der Waals surface area (Å²) in [6.07, 6.45) is 4.93. The average Bonchev–Trinajstić information content (AvgIpc) is 3.06. The van der Waals surface area contributed by atoms with E-state index in [2.05, 4.69) is 10.3 Å². The van der Waals surface area contributed by atoms with Crippen molar-refractivity contribution in [3.63, 3.8) is 0 Å². The number of piperidine rings is 1. The Morgan fingerprint density at radius 2 is 2.32 bits per heavy atom. The molecular weight excluding hydrogens is 318 g/mol. The number of carbonyl (C=O) groups is 1. The maximum Gasteiger partial charge on any atom is 0.317 e. The third-order valence-corrected chi connectivity index (χ3v) is 4.72. The summed E-state index contributed by atoms with van der Waals surface area (Å²) in [7, 11) is 1.71. The second-order valence-electron chi connectivity index (χ2n) is 6.35. The summed E-state index contributed by atoms with van der Waals surface area (Å²) < 4.78 is 11.1. The van der Waals surface area contributed by atoms with Crippen molar-refractivity contribution in [2.45, 2.75) is 32.3 Å². The molecule has 1 aliphatic rings. The largest absolute Gasteiger partial charge is 0.493 e. The molecule has 1 fully saturated rings. The van der Waals surface area contributed by atoms with Gasteiger partial charge in [-0.2, -0.15) is 0 Å². The molecule has 0 spiro atoms. The molecule has 0 radical (unpaired) electrons. The van der Waals surface area contributed by atoms with Gasteiger partial charge >= 0.3 is 6.03 Å². The lowest BCUT2D eigenvalue weighted by Crippen LogP contribution is -2.47. The fraction of sp³-hybridized carbons (Fsp3) is 0.526. The molecule has 1 aromatic heterocycles. The molecule has 3 rings (SSSR count). The van der Waals surface area contributed by atoms with Crippen molar-refractivity contribution in [2.24, 2.45) is 0 Å². The van der Waals surface area contributed by atoms with Gasteiger partial charge in [-0.3, -0.25) is 0 Å². The number of aromatic amines is 1. The molecule has 1 aliphatic heterocycles. The van der Waals surface area contributed by atoms with Crippen LogP contribution in [0.3, 0.4) is 0 Å². The van der Waals surface area contributed by atoms with Crippen molar-refractivity contribution in [1.82, 2.24) is 15.2 Å². The molecular formula is C19H27N3O3. The highest BCUT2D eigenvalue weighted by molar-refractivity contribution is 5.89. The number of methoxy groups -OCH3 is 1. The Bertz CT molecular complexity index is 713. The molecule has 136 valence electrons. The lowest BCUT2D eigenvalue weighted by atomic mass is 10.1. The molecule has 6 heteroatoms. The van der Waals surface area contributed by atoms with Gasteiger partial charge in [-0.25, -0.2) is 4.79 Å². The lowest BCUT2D eigenvalue weighted by molar-refractivity contribution is 0.0435. The van der Waals surface area contributed by atoms with E-state index in [9.17, 15) is 4.79 Å². The third-order valence-electron chi connectivity index (χ3n) is 4.72. The van der Waals surface area contributed by atoms with Crippen LogP contribution in [0.5, 0.6) is 5.75 Å². The smallest absolute Gasteiger partial charge is 0.317 e. The Hall–Kier alpha value is -2.21. The number of H-pyrrole nitrogens is 1. The van der Waals surface area contributed by atoms with Crippen molar-refractivity contribution < 1.29 is 14.3 Å². The van der Waals surface area contributed by atoms with E-state index in [1.54, 1.807) is 7.11 Å². The summed E-state index contributed by atoms with van der Waals surface area (Å²) >= 11 is 0. The van der Waals surface area contributed by atoms with Crippen LogP contribution >= 0.6 is 0 Å². The molecule has 2 heterocycles. The Balaban J connectivity index is 1.59. The fourth-order valence-electron chi connectivity index (χ4n) is 3.42. The Kier molecular flexibility index (Phi) is 5.81. The normalized spacial score (nSPS) is 17.7. The molecule has 2 aromatic rings. The molecule has 2 amide bonds. The predicted molar refractivity (Wildman–Crippen MR) is 98.2 cm³/mol. The van der Waals surface area contributed by atoms with E-state index in [0.29, 0.717) is 19.7 Å². The maximum atomic E-state index is 12.3. The second kappa shape index (κ2) is 8.25. The monoisotopic (exact) mass is 345 g/mol. The number of urea groups is 1. The zero-order valence-corrected chi connectivity index (χ0v) is 15.0. The van der Waals surface area contributed by atoms with Gasteiger partial charge in [-0.1, -0.05) is 6.07 Å². The van der Waals surface area contributed by atoms with E-state index in [-0.39, 0.29) is 12.1 Å². The molecule has 0 bridgehead atoms. The first-order chi connectivity index (χ1) is 12.2. The molecule has 0 saturated carbocycles. The first-order valence-electron chi connectivity index (χ1n) is 9.00. The van der Waals surface area contributed by atoms with Gasteiger partial charge in [-0.15, -0.1) is 0 Å². The first-order valence-corrected chi connectivity index (χ1v) is 9.00. The van der Waals surface area contributed by atoms with Gasteiger partial charge in [0.15, 0.2) is 0 Å². The molecule has 1 aromatic carbocycles. The van der Waals surface area contributed by atoms with Crippen LogP contribution in [-0.2, 0) is 11.2 Å². The van der Waals surface area contributed by atoms with Gasteiger partial charge in [-0.05, 0) is 43.9 Å². The van der Waals surface area contributed by atoms with E-state index in [1.165, 1.54) is 0 Å². The minimum absolute atomic E-state index is 0.00776. The van der Waals surface area contributed by atoms with Crippen molar-refractivity contribution in [2.75, 3.05) is 33.4 Å². The van der Waals surface area contributed by atoms with Crippen molar-refractivity contribution in [3.8, 4) is 5.75 Å². The summed E-state index contributed by atoms with van der Waals surface area (Å²) in [5.41, 5.74) is 2.22. The zero-order chi connectivity index (χ0) is 17.6. The minimum atomic E-state index is -0.00776. The van der Waals surface area contributed by atoms with Crippen molar-refractivity contribution in [1.29, 1.82) is 0 Å². The number of rotatable bonds is 6. The van der Waals surface area contributed by atoms with E-state index in [4.69, 9.17) is 9.47 Å². The summed E-state index contributed by atoms with van der Waals surface area (Å²) in [4.78, 5) is 17.5. The average molecular weight is 345 g/mol. The quantitative estimate of drug-likeness (QED) is 0.846. The summed E-state index contributed by atoms with van der Waals surface area (Å²) in [6.45, 7) is 4.69. The topological polar surface area (TPSA) is 66.6 Å². The number of amides is 2. The highest BCUT2D eigenvalue weighted by Crippen LogP contribution is 2.29. The number of carbonyl (C=O) groups excluding carboxylic acids is 1. The van der Waals surface area contributed by atoms with Gasteiger partial charge in [0.1, 0.15) is 5.75 Å². The Morgan fingerprint density at radius 3 is 3.12 bits per heavy atom. The zero-order valence-electron chi connectivity index (χ0n) is 15.0. The van der Waals surface area contributed by atoms with E-state index >= 15 is 0 Å². The summed E-state index contributed by atoms with van der Waals surface area (Å²) in [5.74, 6) is 0.890. The maximum absolute atomic E-state index is 12.3. The van der Waals surface area contributed by atoms with Gasteiger partial charge in [0.25, 0.3) is 0 Å². The van der Waals surface area contributed by atoms with Crippen LogP contribution in [0, 0.1) is 0 Å². The lowest BCUT2D eigenvalue weighted by Gasteiger charge is -2.31. The summed E-state index contributed by atoms with van der Waals surface area (Å²) in [5, 5.41) is 4.14. The third kappa shape index (κ3) is 4.07. The second-order valence-corrected chi connectivity index (χ2v) is 6.35. The number of nitrogens with one attached hydrogen (secondary N) is 2. The van der Waals surface area contributed by atoms with Gasteiger partial charge in [0.05, 0.1) is 12.7 Å². The van der Waals surface area contributed by atoms with Crippen LogP contribution < -0.4 is 10.1 Å². The number of nitrogens with zero attached hydrogens (tertiary/aromatic N) is 1. The molecule has 1 saturated heterocycles. The van der Waals surface area contributed by atoms with Crippen LogP contribution in [0.15, 0.2) is 24.4 Å². The van der Waals surface area contributed by atoms with E-state index < -0.39 is 0 Å². The van der Waals surface area contributed by atoms with Gasteiger partial charge < -0.3 is 24.7 Å². The highest BCUT2D eigenvalue weighted by atomic mass is 16.5. The number of aromatic nitrogens is 1. The Labute approximate surface area is 148 Å². The SMILES string of the molecule is CCOc1cccc2[nH]cc(CCNC(=O)N3CCC[C@H](OC)C3)c12. The molecule has 0 unspecified atom stereocenters. The minimum Gasteiger partial charge on any atom is -0.493 e. The van der Waals surface area contributed by atoms with Crippen LogP contribution in [0.2, 0.25) is 0 Å². The van der Waals surface area contributed by atoms with Crippen LogP contribution in [-0.4, -0.2) is 55.4 Å². The molecule has 6 nitrogen and oxygen atoms in total. The number of ether oxygens (including phenoxy) is 2.